The Morgan fingerprint density at radius 3 is 2.03 bits per heavy atom. The van der Waals surface area contributed by atoms with Crippen molar-refractivity contribution in [2.45, 2.75) is 24.6 Å². The molecule has 35 heavy (non-hydrogen) atoms. The number of carbonyl (C=O) groups is 2. The van der Waals surface area contributed by atoms with Gasteiger partial charge in [0.05, 0.1) is 11.3 Å². The van der Waals surface area contributed by atoms with E-state index in [1.165, 1.54) is 22.6 Å². The summed E-state index contributed by atoms with van der Waals surface area (Å²) in [6, 6.07) is 11.0. The molecule has 2 rings (SSSR count). The van der Waals surface area contributed by atoms with Crippen LogP contribution in [-0.4, -0.2) is 48.7 Å². The molecule has 0 unspecified atom stereocenters. The van der Waals surface area contributed by atoms with Gasteiger partial charge in [-0.05, 0) is 46.4 Å². The van der Waals surface area contributed by atoms with Crippen LogP contribution in [0.2, 0.25) is 0 Å². The fourth-order valence-corrected chi connectivity index (χ4v) is 4.11. The van der Waals surface area contributed by atoms with Gasteiger partial charge in [-0.25, -0.2) is 9.59 Å². The molecule has 0 aliphatic heterocycles. The van der Waals surface area contributed by atoms with Crippen molar-refractivity contribution >= 4 is 50.5 Å². The molecular formula is C19H14F6INO7S. The van der Waals surface area contributed by atoms with Gasteiger partial charge in [-0.1, -0.05) is 30.3 Å². The van der Waals surface area contributed by atoms with Crippen LogP contribution in [0.15, 0.2) is 48.5 Å². The van der Waals surface area contributed by atoms with Gasteiger partial charge in [-0.2, -0.15) is 34.8 Å². The lowest BCUT2D eigenvalue weighted by molar-refractivity contribution is -0.356. The maximum atomic E-state index is 13.3. The number of alkyl halides is 6. The second-order valence-electron chi connectivity index (χ2n) is 6.82. The maximum absolute atomic E-state index is 13.3. The lowest BCUT2D eigenvalue weighted by atomic mass is 10.1. The first kappa shape index (κ1) is 28.6. The Balaban J connectivity index is 2.23. The van der Waals surface area contributed by atoms with Crippen LogP contribution in [0.5, 0.6) is 0 Å². The molecule has 0 saturated carbocycles. The number of amides is 1. The average Bonchev–Trinajstić information content (AvgIpc) is 2.71. The Hall–Kier alpha value is -2.60. The largest absolute Gasteiger partial charge is 0.444 e. The molecule has 0 saturated heterocycles. The van der Waals surface area contributed by atoms with E-state index >= 15 is 0 Å². The van der Waals surface area contributed by atoms with Crippen LogP contribution in [0, 0.1) is 3.57 Å². The fraction of sp³-hybridized carbons (Fsp3) is 0.263. The first-order chi connectivity index (χ1) is 16.0. The van der Waals surface area contributed by atoms with Gasteiger partial charge >= 0.3 is 30.0 Å². The minimum atomic E-state index is -6.45. The molecule has 0 radical (unpaired) electrons. The maximum Gasteiger partial charge on any atom is 0.438 e. The van der Waals surface area contributed by atoms with Gasteiger partial charge in [0, 0.05) is 3.57 Å². The number of ether oxygens (including phenoxy) is 2. The lowest BCUT2D eigenvalue weighted by Crippen LogP contribution is -2.63. The molecule has 0 bridgehead atoms. The topological polar surface area (TPSA) is 119 Å². The van der Waals surface area contributed by atoms with Gasteiger partial charge < -0.3 is 9.47 Å². The van der Waals surface area contributed by atoms with Gasteiger partial charge in [0.2, 0.25) is 0 Å². The van der Waals surface area contributed by atoms with Crippen LogP contribution in [0.25, 0.3) is 0 Å². The van der Waals surface area contributed by atoms with Crippen molar-refractivity contribution in [3.63, 3.8) is 0 Å². The molecule has 16 heteroatoms. The molecule has 192 valence electrons. The highest BCUT2D eigenvalue weighted by molar-refractivity contribution is 14.1. The van der Waals surface area contributed by atoms with Crippen molar-refractivity contribution in [2.24, 2.45) is 0 Å². The number of hydrogen-bond donors (Lipinski definition) is 2. The summed E-state index contributed by atoms with van der Waals surface area (Å²) in [6.45, 7) is -0.0988. The molecule has 0 spiro atoms. The minimum absolute atomic E-state index is 0.00365. The summed E-state index contributed by atoms with van der Waals surface area (Å²) in [5, 5.41) is 2.28. The van der Waals surface area contributed by atoms with Crippen LogP contribution in [0.4, 0.5) is 36.8 Å². The number of halogens is 7. The van der Waals surface area contributed by atoms with Crippen molar-refractivity contribution < 1.29 is 58.4 Å². The number of carbonyl (C=O) groups excluding carboxylic acids is 2. The van der Waals surface area contributed by atoms with E-state index in [2.05, 4.69) is 10.1 Å². The molecule has 0 atom stereocenters. The quantitative estimate of drug-likeness (QED) is 0.190. The van der Waals surface area contributed by atoms with Crippen LogP contribution < -0.4 is 5.32 Å². The lowest BCUT2D eigenvalue weighted by Gasteiger charge is -2.35. The average molecular weight is 641 g/mol. The monoisotopic (exact) mass is 641 g/mol. The number of hydrogen-bond acceptors (Lipinski definition) is 6. The van der Waals surface area contributed by atoms with Crippen molar-refractivity contribution in [1.29, 1.82) is 0 Å². The fourth-order valence-electron chi connectivity index (χ4n) is 2.56. The Kier molecular flexibility index (Phi) is 8.65. The summed E-state index contributed by atoms with van der Waals surface area (Å²) in [4.78, 5) is 24.1. The van der Waals surface area contributed by atoms with E-state index in [4.69, 9.17) is 9.29 Å². The van der Waals surface area contributed by atoms with E-state index in [0.717, 1.165) is 18.2 Å². The molecule has 0 aliphatic carbocycles. The van der Waals surface area contributed by atoms with E-state index in [-0.39, 0.29) is 15.9 Å². The number of anilines is 1. The zero-order valence-electron chi connectivity index (χ0n) is 17.0. The number of esters is 1. The van der Waals surface area contributed by atoms with Crippen LogP contribution in [-0.2, 0) is 26.2 Å². The smallest absolute Gasteiger partial charge is 0.438 e. The summed E-state index contributed by atoms with van der Waals surface area (Å²) in [5.74, 6) is -5.18. The molecule has 2 N–H and O–H groups in total. The Morgan fingerprint density at radius 1 is 0.971 bits per heavy atom. The summed E-state index contributed by atoms with van der Waals surface area (Å²) < 4.78 is 119. The Labute approximate surface area is 207 Å². The first-order valence-corrected chi connectivity index (χ1v) is 11.7. The van der Waals surface area contributed by atoms with E-state index < -0.39 is 51.5 Å². The van der Waals surface area contributed by atoms with Gasteiger partial charge in [0.25, 0.3) is 10.1 Å². The van der Waals surface area contributed by atoms with Crippen LogP contribution in [0.1, 0.15) is 15.9 Å². The van der Waals surface area contributed by atoms with E-state index in [1.807, 2.05) is 0 Å². The number of rotatable bonds is 7. The predicted octanol–water partition coefficient (Wildman–Crippen LogP) is 4.95. The molecular weight excluding hydrogens is 627 g/mol. The third-order valence-corrected chi connectivity index (χ3v) is 5.89. The van der Waals surface area contributed by atoms with Gasteiger partial charge in [-0.15, -0.1) is 0 Å². The zero-order valence-corrected chi connectivity index (χ0v) is 20.0. The highest BCUT2D eigenvalue weighted by Crippen LogP contribution is 2.47. The first-order valence-electron chi connectivity index (χ1n) is 9.04. The number of benzene rings is 2. The van der Waals surface area contributed by atoms with Crippen LogP contribution >= 0.6 is 22.6 Å². The third kappa shape index (κ3) is 7.44. The Bertz CT molecular complexity index is 1170. The van der Waals surface area contributed by atoms with Crippen molar-refractivity contribution in [2.75, 3.05) is 11.1 Å². The third-order valence-electron chi connectivity index (χ3n) is 4.22. The molecule has 2 aromatic rings. The summed E-state index contributed by atoms with van der Waals surface area (Å²) in [5.41, 5.74) is -5.70. The highest BCUT2D eigenvalue weighted by Gasteiger charge is 2.76. The van der Waals surface area contributed by atoms with E-state index in [1.54, 1.807) is 30.3 Å². The van der Waals surface area contributed by atoms with E-state index in [0.29, 0.717) is 5.56 Å². The Morgan fingerprint density at radius 2 is 1.54 bits per heavy atom. The standard InChI is InChI=1S/C19H14F6INO7S/c20-18(21,22)17(19(23,24)25,10-35(30,31)32)34-15(28)12-6-7-14(13(26)8-12)27-16(29)33-9-11-4-2-1-3-5-11/h1-8H,9-10H2,(H,27,29)(H,30,31,32). The predicted molar refractivity (Wildman–Crippen MR) is 116 cm³/mol. The summed E-state index contributed by atoms with van der Waals surface area (Å²) in [6.07, 6.45) is -13.8. The normalized spacial score (nSPS) is 12.7. The molecule has 0 heterocycles. The van der Waals surface area contributed by atoms with Crippen molar-refractivity contribution in [1.82, 2.24) is 0 Å². The second-order valence-corrected chi connectivity index (χ2v) is 9.43. The minimum Gasteiger partial charge on any atom is -0.444 e. The van der Waals surface area contributed by atoms with Crippen molar-refractivity contribution in [3.05, 3.63) is 63.2 Å². The zero-order chi connectivity index (χ0) is 26.7. The van der Waals surface area contributed by atoms with Gasteiger partial charge in [-0.3, -0.25) is 9.87 Å². The highest BCUT2D eigenvalue weighted by atomic mass is 127. The number of nitrogens with one attached hydrogen (secondary N) is 1. The van der Waals surface area contributed by atoms with Crippen LogP contribution in [0.3, 0.4) is 0 Å². The summed E-state index contributed by atoms with van der Waals surface area (Å²) in [7, 11) is -5.91. The van der Waals surface area contributed by atoms with Crippen molar-refractivity contribution in [3.8, 4) is 0 Å². The molecule has 1 amide bonds. The van der Waals surface area contributed by atoms with Gasteiger partial charge in [0.15, 0.2) is 0 Å². The molecule has 0 fully saturated rings. The van der Waals surface area contributed by atoms with Gasteiger partial charge in [0.1, 0.15) is 12.4 Å². The SMILES string of the molecule is O=C(Nc1ccc(C(=O)OC(CS(=O)(=O)O)(C(F)(F)F)C(F)(F)F)cc1I)OCc1ccccc1. The summed E-state index contributed by atoms with van der Waals surface area (Å²) >= 11 is 1.53. The second kappa shape index (κ2) is 10.6. The molecule has 2 aromatic carbocycles. The van der Waals surface area contributed by atoms with E-state index in [9.17, 15) is 44.3 Å². The molecule has 0 aromatic heterocycles. The molecule has 0 aliphatic rings. The molecule has 8 nitrogen and oxygen atoms in total.